The van der Waals surface area contributed by atoms with E-state index in [-0.39, 0.29) is 5.56 Å². The van der Waals surface area contributed by atoms with Crippen LogP contribution in [0.15, 0.2) is 48.5 Å². The molecule has 2 aromatic carbocycles. The molecule has 5 nitrogen and oxygen atoms in total. The summed E-state index contributed by atoms with van der Waals surface area (Å²) in [5.41, 5.74) is 1.70. The number of fused-ring (bicyclic) bond motifs is 1. The second-order valence-corrected chi connectivity index (χ2v) is 4.93. The molecule has 3 rings (SSSR count). The Bertz CT molecular complexity index is 889. The van der Waals surface area contributed by atoms with Crippen molar-refractivity contribution in [3.8, 4) is 22.8 Å². The first-order valence-corrected chi connectivity index (χ1v) is 6.97. The maximum atomic E-state index is 11.5. The number of carboxylic acids is 1. The summed E-state index contributed by atoms with van der Waals surface area (Å²) in [7, 11) is 3.06. The lowest BCUT2D eigenvalue weighted by atomic mass is 10.0. The van der Waals surface area contributed by atoms with Crippen LogP contribution in [0.5, 0.6) is 11.5 Å². The first-order valence-electron chi connectivity index (χ1n) is 6.97. The lowest BCUT2D eigenvalue weighted by Crippen LogP contribution is -2.23. The van der Waals surface area contributed by atoms with Gasteiger partial charge in [0.15, 0.2) is 11.5 Å². The van der Waals surface area contributed by atoms with Crippen LogP contribution >= 0.6 is 0 Å². The molecule has 1 aromatic heterocycles. The Morgan fingerprint density at radius 3 is 2.43 bits per heavy atom. The van der Waals surface area contributed by atoms with Crippen LogP contribution in [0.2, 0.25) is 0 Å². The van der Waals surface area contributed by atoms with E-state index in [1.165, 1.54) is 7.11 Å². The van der Waals surface area contributed by atoms with Gasteiger partial charge in [-0.05, 0) is 30.3 Å². The number of carbonyl (C=O) groups excluding carboxylic acids is 1. The minimum Gasteiger partial charge on any atom is -0.545 e. The number of hydrogen-bond acceptors (Lipinski definition) is 5. The summed E-state index contributed by atoms with van der Waals surface area (Å²) in [6.45, 7) is 0. The van der Waals surface area contributed by atoms with Crippen molar-refractivity contribution in [2.75, 3.05) is 14.2 Å². The van der Waals surface area contributed by atoms with Crippen molar-refractivity contribution in [1.82, 2.24) is 4.98 Å². The molecule has 0 radical (unpaired) electrons. The van der Waals surface area contributed by atoms with Gasteiger partial charge in [-0.15, -0.1) is 0 Å². The van der Waals surface area contributed by atoms with Crippen LogP contribution in [0.25, 0.3) is 22.2 Å². The standard InChI is InChI=1S/C18H15NO4/c1-22-15-8-7-12(10-16(15)23-2)17-13(18(20)21)9-11-5-3-4-6-14(11)19-17/h3-10H,1-2H3,(H,20,21)/p-1. The number of methoxy groups -OCH3 is 2. The SMILES string of the molecule is COc1ccc(-c2nc3ccccc3cc2C(=O)[O-])cc1OC. The van der Waals surface area contributed by atoms with E-state index in [4.69, 9.17) is 9.47 Å². The molecule has 0 aliphatic rings. The maximum absolute atomic E-state index is 11.5. The third kappa shape index (κ3) is 2.68. The number of hydrogen-bond donors (Lipinski definition) is 0. The quantitative estimate of drug-likeness (QED) is 0.739. The Hall–Kier alpha value is -3.08. The summed E-state index contributed by atoms with van der Waals surface area (Å²) >= 11 is 0. The average molecular weight is 308 g/mol. The van der Waals surface area contributed by atoms with Crippen LogP contribution in [-0.4, -0.2) is 25.2 Å². The molecule has 0 aliphatic carbocycles. The molecule has 116 valence electrons. The number of rotatable bonds is 4. The van der Waals surface area contributed by atoms with Gasteiger partial charge < -0.3 is 19.4 Å². The highest BCUT2D eigenvalue weighted by molar-refractivity contribution is 5.98. The zero-order valence-corrected chi connectivity index (χ0v) is 12.7. The molecular formula is C18H14NO4-. The van der Waals surface area contributed by atoms with Gasteiger partial charge in [-0.2, -0.15) is 0 Å². The van der Waals surface area contributed by atoms with Gasteiger partial charge in [0.25, 0.3) is 0 Å². The fourth-order valence-corrected chi connectivity index (χ4v) is 2.48. The molecule has 23 heavy (non-hydrogen) atoms. The van der Waals surface area contributed by atoms with Crippen molar-refractivity contribution in [3.05, 3.63) is 54.1 Å². The minimum atomic E-state index is -1.27. The predicted molar refractivity (Wildman–Crippen MR) is 84.6 cm³/mol. The average Bonchev–Trinajstić information content (AvgIpc) is 2.59. The molecule has 0 aliphatic heterocycles. The maximum Gasteiger partial charge on any atom is 0.161 e. The Morgan fingerprint density at radius 2 is 1.74 bits per heavy atom. The summed E-state index contributed by atoms with van der Waals surface area (Å²) in [4.78, 5) is 16.0. The van der Waals surface area contributed by atoms with E-state index in [9.17, 15) is 9.90 Å². The second kappa shape index (κ2) is 5.96. The molecule has 3 aromatic rings. The van der Waals surface area contributed by atoms with E-state index in [0.29, 0.717) is 28.3 Å². The molecule has 0 atom stereocenters. The van der Waals surface area contributed by atoms with E-state index >= 15 is 0 Å². The first-order chi connectivity index (χ1) is 11.1. The summed E-state index contributed by atoms with van der Waals surface area (Å²) in [6, 6.07) is 14.1. The van der Waals surface area contributed by atoms with Gasteiger partial charge in [0.1, 0.15) is 0 Å². The van der Waals surface area contributed by atoms with Gasteiger partial charge in [0.2, 0.25) is 0 Å². The van der Waals surface area contributed by atoms with Crippen molar-refractivity contribution >= 4 is 16.9 Å². The number of para-hydroxylation sites is 1. The molecular weight excluding hydrogens is 294 g/mol. The van der Waals surface area contributed by atoms with Crippen molar-refractivity contribution in [2.24, 2.45) is 0 Å². The molecule has 0 fully saturated rings. The largest absolute Gasteiger partial charge is 0.545 e. The molecule has 0 unspecified atom stereocenters. The minimum absolute atomic E-state index is 0.0379. The lowest BCUT2D eigenvalue weighted by molar-refractivity contribution is -0.254. The highest BCUT2D eigenvalue weighted by atomic mass is 16.5. The van der Waals surface area contributed by atoms with Gasteiger partial charge >= 0.3 is 0 Å². The number of benzene rings is 2. The predicted octanol–water partition coefficient (Wildman–Crippen LogP) is 2.28. The van der Waals surface area contributed by atoms with Crippen molar-refractivity contribution < 1.29 is 19.4 Å². The Labute approximate surface area is 133 Å². The van der Waals surface area contributed by atoms with Crippen molar-refractivity contribution in [1.29, 1.82) is 0 Å². The Kier molecular flexibility index (Phi) is 3.85. The smallest absolute Gasteiger partial charge is 0.161 e. The van der Waals surface area contributed by atoms with Gasteiger partial charge in [-0.25, -0.2) is 4.98 Å². The molecule has 0 saturated heterocycles. The van der Waals surface area contributed by atoms with Crippen LogP contribution in [0.4, 0.5) is 0 Å². The van der Waals surface area contributed by atoms with Gasteiger partial charge in [-0.1, -0.05) is 18.2 Å². The van der Waals surface area contributed by atoms with E-state index in [0.717, 1.165) is 5.39 Å². The molecule has 0 saturated carbocycles. The van der Waals surface area contributed by atoms with Crippen LogP contribution < -0.4 is 14.6 Å². The zero-order chi connectivity index (χ0) is 16.4. The zero-order valence-electron chi connectivity index (χ0n) is 12.7. The van der Waals surface area contributed by atoms with Crippen LogP contribution in [0.3, 0.4) is 0 Å². The lowest BCUT2D eigenvalue weighted by Gasteiger charge is -2.14. The second-order valence-electron chi connectivity index (χ2n) is 4.93. The van der Waals surface area contributed by atoms with E-state index in [1.807, 2.05) is 24.3 Å². The van der Waals surface area contributed by atoms with Gasteiger partial charge in [-0.3, -0.25) is 0 Å². The highest BCUT2D eigenvalue weighted by Crippen LogP contribution is 2.33. The number of ether oxygens (including phenoxy) is 2. The van der Waals surface area contributed by atoms with E-state index < -0.39 is 5.97 Å². The van der Waals surface area contributed by atoms with Crippen molar-refractivity contribution in [2.45, 2.75) is 0 Å². The Morgan fingerprint density at radius 1 is 1.00 bits per heavy atom. The summed E-state index contributed by atoms with van der Waals surface area (Å²) < 4.78 is 10.5. The molecule has 1 heterocycles. The van der Waals surface area contributed by atoms with E-state index in [1.54, 1.807) is 31.4 Å². The fraction of sp³-hybridized carbons (Fsp3) is 0.111. The topological polar surface area (TPSA) is 71.5 Å². The number of nitrogens with zero attached hydrogens (tertiary/aromatic N) is 1. The fourth-order valence-electron chi connectivity index (χ4n) is 2.48. The first kappa shape index (κ1) is 14.8. The number of pyridine rings is 1. The molecule has 0 bridgehead atoms. The highest BCUT2D eigenvalue weighted by Gasteiger charge is 2.13. The van der Waals surface area contributed by atoms with Gasteiger partial charge in [0.05, 0.1) is 31.4 Å². The van der Waals surface area contributed by atoms with Crippen LogP contribution in [0, 0.1) is 0 Å². The number of aromatic nitrogens is 1. The molecule has 0 N–H and O–H groups in total. The third-order valence-electron chi connectivity index (χ3n) is 3.60. The number of carbonyl (C=O) groups is 1. The van der Waals surface area contributed by atoms with Crippen LogP contribution in [0.1, 0.15) is 10.4 Å². The van der Waals surface area contributed by atoms with Crippen LogP contribution in [-0.2, 0) is 0 Å². The number of aromatic carboxylic acids is 1. The summed E-state index contributed by atoms with van der Waals surface area (Å²) in [5.74, 6) is -0.204. The molecule has 0 amide bonds. The number of carboxylic acid groups (broad SMARTS) is 1. The van der Waals surface area contributed by atoms with E-state index in [2.05, 4.69) is 4.98 Å². The van der Waals surface area contributed by atoms with Crippen molar-refractivity contribution in [3.63, 3.8) is 0 Å². The summed E-state index contributed by atoms with van der Waals surface area (Å²) in [6.07, 6.45) is 0. The van der Waals surface area contributed by atoms with Gasteiger partial charge in [0, 0.05) is 16.5 Å². The monoisotopic (exact) mass is 308 g/mol. The summed E-state index contributed by atoms with van der Waals surface area (Å²) in [5, 5.41) is 12.3. The Balaban J connectivity index is 2.25. The molecule has 0 spiro atoms. The normalized spacial score (nSPS) is 10.5. The third-order valence-corrected chi connectivity index (χ3v) is 3.60. The molecule has 5 heteroatoms.